The van der Waals surface area contributed by atoms with Crippen molar-refractivity contribution in [1.82, 2.24) is 5.32 Å². The first-order valence-electron chi connectivity index (χ1n) is 10.2. The molecule has 0 amide bonds. The average Bonchev–Trinajstić information content (AvgIpc) is 2.66. The second kappa shape index (κ2) is 9.08. The van der Waals surface area contributed by atoms with Gasteiger partial charge in [0, 0.05) is 32.2 Å². The third kappa shape index (κ3) is 5.34. The number of ether oxygens (including phenoxy) is 1. The third-order valence-corrected chi connectivity index (χ3v) is 6.01. The van der Waals surface area contributed by atoms with Crippen molar-refractivity contribution >= 4 is 0 Å². The van der Waals surface area contributed by atoms with Gasteiger partial charge in [0.1, 0.15) is 5.75 Å². The molecule has 28 heavy (non-hydrogen) atoms. The Morgan fingerprint density at radius 2 is 1.75 bits per heavy atom. The Balaban J connectivity index is 1.73. The molecule has 1 saturated heterocycles. The van der Waals surface area contributed by atoms with Crippen molar-refractivity contribution in [2.24, 2.45) is 11.3 Å². The van der Waals surface area contributed by atoms with Gasteiger partial charge in [-0.25, -0.2) is 0 Å². The van der Waals surface area contributed by atoms with Gasteiger partial charge in [0.15, 0.2) is 0 Å². The van der Waals surface area contributed by atoms with Crippen LogP contribution in [0.1, 0.15) is 37.8 Å². The molecule has 2 aromatic rings. The summed E-state index contributed by atoms with van der Waals surface area (Å²) >= 11 is 0. The first-order valence-corrected chi connectivity index (χ1v) is 10.2. The molecule has 0 aromatic heterocycles. The van der Waals surface area contributed by atoms with Crippen molar-refractivity contribution in [2.45, 2.75) is 45.3 Å². The van der Waals surface area contributed by atoms with Gasteiger partial charge in [-0.2, -0.15) is 0 Å². The quantitative estimate of drug-likeness (QED) is 0.647. The average molecular weight is 384 g/mol. The lowest BCUT2D eigenvalue weighted by atomic mass is 9.63. The van der Waals surface area contributed by atoms with Crippen molar-refractivity contribution in [3.05, 3.63) is 65.7 Å². The molecule has 2 aromatic carbocycles. The fourth-order valence-corrected chi connectivity index (χ4v) is 4.64. The molecule has 1 fully saturated rings. The Bertz CT molecular complexity index is 729. The number of phenols is 1. The van der Waals surface area contributed by atoms with Gasteiger partial charge in [0.05, 0.1) is 5.60 Å². The van der Waals surface area contributed by atoms with Crippen LogP contribution in [0.5, 0.6) is 5.75 Å². The molecule has 1 aliphatic heterocycles. The minimum absolute atomic E-state index is 0.000189. The van der Waals surface area contributed by atoms with Crippen molar-refractivity contribution in [3.63, 3.8) is 0 Å². The lowest BCUT2D eigenvalue weighted by Crippen LogP contribution is -2.50. The highest BCUT2D eigenvalue weighted by atomic mass is 16.5. The van der Waals surface area contributed by atoms with Gasteiger partial charge in [-0.05, 0) is 61.8 Å². The lowest BCUT2D eigenvalue weighted by molar-refractivity contribution is -0.127. The highest BCUT2D eigenvalue weighted by Gasteiger charge is 2.45. The highest BCUT2D eigenvalue weighted by Crippen LogP contribution is 2.46. The van der Waals surface area contributed by atoms with Crippen molar-refractivity contribution < 1.29 is 14.9 Å². The highest BCUT2D eigenvalue weighted by molar-refractivity contribution is 5.25. The maximum Gasteiger partial charge on any atom is 0.115 e. The zero-order valence-electron chi connectivity index (χ0n) is 17.0. The summed E-state index contributed by atoms with van der Waals surface area (Å²) in [6, 6.07) is 17.9. The minimum atomic E-state index is -0.183. The summed E-state index contributed by atoms with van der Waals surface area (Å²) in [4.78, 5) is 0. The number of nitrogens with one attached hydrogen (secondary N) is 1. The number of hydrogen-bond acceptors (Lipinski definition) is 4. The number of hydrogen-bond donors (Lipinski definition) is 3. The number of aromatic hydroxyl groups is 1. The van der Waals surface area contributed by atoms with Crippen LogP contribution < -0.4 is 5.32 Å². The number of rotatable bonds is 8. The van der Waals surface area contributed by atoms with Gasteiger partial charge in [-0.15, -0.1) is 0 Å². The fraction of sp³-hybridized carbons (Fsp3) is 0.500. The molecule has 3 N–H and O–H groups in total. The van der Waals surface area contributed by atoms with Crippen LogP contribution in [0.15, 0.2) is 54.6 Å². The van der Waals surface area contributed by atoms with Gasteiger partial charge < -0.3 is 20.3 Å². The molecule has 0 radical (unpaired) electrons. The molecule has 0 aliphatic carbocycles. The van der Waals surface area contributed by atoms with E-state index in [2.05, 4.69) is 43.4 Å². The van der Waals surface area contributed by atoms with Gasteiger partial charge in [-0.3, -0.25) is 0 Å². The first-order chi connectivity index (χ1) is 13.4. The number of aliphatic hydroxyl groups is 1. The van der Waals surface area contributed by atoms with Crippen LogP contribution in [0.25, 0.3) is 0 Å². The van der Waals surface area contributed by atoms with Crippen LogP contribution in [0.4, 0.5) is 0 Å². The predicted octanol–water partition coefficient (Wildman–Crippen LogP) is 3.91. The van der Waals surface area contributed by atoms with E-state index in [0.29, 0.717) is 0 Å². The van der Waals surface area contributed by atoms with Crippen LogP contribution in [0, 0.1) is 11.3 Å². The minimum Gasteiger partial charge on any atom is -0.508 e. The summed E-state index contributed by atoms with van der Waals surface area (Å²) in [7, 11) is 0. The maximum atomic E-state index is 10.3. The Hall–Kier alpha value is -1.88. The molecule has 3 rings (SSSR count). The Morgan fingerprint density at radius 3 is 2.39 bits per heavy atom. The SMILES string of the molecule is CC1(C)C[C@](Cc2ccccc2)([C@@H](CO)CNCc2ccc(O)cc2)CCO1. The van der Waals surface area contributed by atoms with E-state index in [0.717, 1.165) is 44.5 Å². The fourth-order valence-electron chi connectivity index (χ4n) is 4.64. The van der Waals surface area contributed by atoms with E-state index in [9.17, 15) is 10.2 Å². The van der Waals surface area contributed by atoms with Crippen LogP contribution in [-0.4, -0.2) is 35.6 Å². The Morgan fingerprint density at radius 1 is 1.04 bits per heavy atom. The second-order valence-corrected chi connectivity index (χ2v) is 8.74. The molecule has 4 heteroatoms. The largest absolute Gasteiger partial charge is 0.508 e. The lowest BCUT2D eigenvalue weighted by Gasteiger charge is -2.49. The topological polar surface area (TPSA) is 61.7 Å². The zero-order valence-corrected chi connectivity index (χ0v) is 17.0. The van der Waals surface area contributed by atoms with Gasteiger partial charge >= 0.3 is 0 Å². The van der Waals surface area contributed by atoms with E-state index in [-0.39, 0.29) is 29.3 Å². The van der Waals surface area contributed by atoms with E-state index in [4.69, 9.17) is 4.74 Å². The van der Waals surface area contributed by atoms with Gasteiger partial charge in [0.2, 0.25) is 0 Å². The molecular formula is C24H33NO3. The second-order valence-electron chi connectivity index (χ2n) is 8.74. The summed E-state index contributed by atoms with van der Waals surface area (Å²) in [6.45, 7) is 6.67. The standard InChI is InChI=1S/C24H33NO3/c1-23(2)18-24(12-13-28-23,14-19-6-4-3-5-7-19)21(17-26)16-25-15-20-8-10-22(27)11-9-20/h3-11,21,25-27H,12-18H2,1-2H3/t21-,24+/m1/s1. The molecular weight excluding hydrogens is 350 g/mol. The molecule has 0 spiro atoms. The molecule has 4 nitrogen and oxygen atoms in total. The number of aliphatic hydroxyl groups excluding tert-OH is 1. The van der Waals surface area contributed by atoms with E-state index in [1.807, 2.05) is 18.2 Å². The monoisotopic (exact) mass is 383 g/mol. The number of phenolic OH excluding ortho intramolecular Hbond substituents is 1. The van der Waals surface area contributed by atoms with Crippen LogP contribution in [0.2, 0.25) is 0 Å². The smallest absolute Gasteiger partial charge is 0.115 e. The molecule has 0 saturated carbocycles. The molecule has 2 atom stereocenters. The Labute approximate surface area is 168 Å². The van der Waals surface area contributed by atoms with Crippen LogP contribution in [0.3, 0.4) is 0 Å². The maximum absolute atomic E-state index is 10.3. The van der Waals surface area contributed by atoms with Crippen LogP contribution in [-0.2, 0) is 17.7 Å². The van der Waals surface area contributed by atoms with Crippen LogP contribution >= 0.6 is 0 Å². The van der Waals surface area contributed by atoms with Gasteiger partial charge in [-0.1, -0.05) is 42.5 Å². The van der Waals surface area contributed by atoms with E-state index in [1.54, 1.807) is 12.1 Å². The molecule has 1 aliphatic rings. The van der Waals surface area contributed by atoms with Crippen molar-refractivity contribution in [3.8, 4) is 5.75 Å². The number of benzene rings is 2. The normalized spacial score (nSPS) is 22.7. The van der Waals surface area contributed by atoms with E-state index in [1.165, 1.54) is 5.56 Å². The Kier molecular flexibility index (Phi) is 6.76. The predicted molar refractivity (Wildman–Crippen MR) is 112 cm³/mol. The molecule has 0 unspecified atom stereocenters. The summed E-state index contributed by atoms with van der Waals surface area (Å²) < 4.78 is 6.01. The van der Waals surface area contributed by atoms with E-state index < -0.39 is 0 Å². The first kappa shape index (κ1) is 20.8. The molecule has 152 valence electrons. The van der Waals surface area contributed by atoms with Crippen molar-refractivity contribution in [2.75, 3.05) is 19.8 Å². The summed E-state index contributed by atoms with van der Waals surface area (Å²) in [5.74, 6) is 0.427. The third-order valence-electron chi connectivity index (χ3n) is 6.01. The zero-order chi connectivity index (χ0) is 20.0. The van der Waals surface area contributed by atoms with E-state index >= 15 is 0 Å². The summed E-state index contributed by atoms with van der Waals surface area (Å²) in [5, 5.41) is 23.3. The molecule has 1 heterocycles. The molecule has 0 bridgehead atoms. The van der Waals surface area contributed by atoms with Gasteiger partial charge in [0.25, 0.3) is 0 Å². The summed E-state index contributed by atoms with van der Waals surface area (Å²) in [5.41, 5.74) is 2.26. The van der Waals surface area contributed by atoms with Crippen molar-refractivity contribution in [1.29, 1.82) is 0 Å². The summed E-state index contributed by atoms with van der Waals surface area (Å²) in [6.07, 6.45) is 2.84.